The zero-order valence-corrected chi connectivity index (χ0v) is 26.2. The largest absolute Gasteiger partial charge is 0.393 e. The molecule has 4 aliphatic carbocycles. The van der Waals surface area contributed by atoms with E-state index in [2.05, 4.69) is 63.2 Å². The van der Waals surface area contributed by atoms with Crippen LogP contribution in [0.2, 0.25) is 0 Å². The molecule has 10 atom stereocenters. The lowest BCUT2D eigenvalue weighted by atomic mass is 9.44. The third kappa shape index (κ3) is 6.10. The molecule has 0 saturated heterocycles. The number of aliphatic hydroxyl groups is 1. The van der Waals surface area contributed by atoms with Crippen LogP contribution in [-0.2, 0) is 24.4 Å². The van der Waals surface area contributed by atoms with Gasteiger partial charge in [0, 0.05) is 5.04 Å². The van der Waals surface area contributed by atoms with E-state index in [9.17, 15) is 14.7 Å². The Bertz CT molecular complexity index is 923. The van der Waals surface area contributed by atoms with Crippen molar-refractivity contribution in [2.75, 3.05) is 5.75 Å². The van der Waals surface area contributed by atoms with Gasteiger partial charge in [0.2, 0.25) is 0 Å². The number of hydrogen-bond donors (Lipinski definition) is 3. The van der Waals surface area contributed by atoms with Gasteiger partial charge in [-0.15, -0.1) is 0 Å². The molecule has 0 aliphatic heterocycles. The van der Waals surface area contributed by atoms with E-state index in [-0.39, 0.29) is 17.1 Å². The number of thiol groups is 2. The highest BCUT2D eigenvalue weighted by atomic mass is 32.1. The molecule has 39 heavy (non-hydrogen) atoms. The van der Waals surface area contributed by atoms with Crippen molar-refractivity contribution in [2.24, 2.45) is 52.3 Å². The van der Waals surface area contributed by atoms with Crippen molar-refractivity contribution in [1.82, 2.24) is 0 Å². The molecule has 6 nitrogen and oxygen atoms in total. The Kier molecular flexibility index (Phi) is 10.1. The van der Waals surface area contributed by atoms with Gasteiger partial charge in [-0.3, -0.25) is 9.78 Å². The van der Waals surface area contributed by atoms with Crippen molar-refractivity contribution in [3.8, 4) is 0 Å². The number of rotatable bonds is 10. The van der Waals surface area contributed by atoms with Crippen molar-refractivity contribution in [3.63, 3.8) is 0 Å². The van der Waals surface area contributed by atoms with Crippen molar-refractivity contribution < 1.29 is 29.5 Å². The number of hydrogen-bond acceptors (Lipinski definition) is 8. The molecule has 8 heteroatoms. The maximum Gasteiger partial charge on any atom is 0.359 e. The predicted octanol–water partition coefficient (Wildman–Crippen LogP) is 6.78. The lowest BCUT2D eigenvalue weighted by Gasteiger charge is -2.61. The van der Waals surface area contributed by atoms with Gasteiger partial charge in [0.15, 0.2) is 0 Å². The molecule has 4 rings (SSSR count). The van der Waals surface area contributed by atoms with Gasteiger partial charge in [-0.1, -0.05) is 65.5 Å². The molecule has 4 aliphatic rings. The first-order chi connectivity index (χ1) is 18.4. The quantitative estimate of drug-likeness (QED) is 0.114. The lowest BCUT2D eigenvalue weighted by Crippen LogP contribution is -2.56. The molecule has 3 fully saturated rings. The molecule has 0 aromatic rings. The summed E-state index contributed by atoms with van der Waals surface area (Å²) >= 11 is 8.52. The highest BCUT2D eigenvalue weighted by Gasteiger charge is 2.62. The Balaban J connectivity index is 1.52. The van der Waals surface area contributed by atoms with Crippen LogP contribution >= 0.6 is 25.3 Å². The van der Waals surface area contributed by atoms with Gasteiger partial charge in [0.25, 0.3) is 0 Å². The molecule has 0 bridgehead atoms. The molecule has 3 saturated carbocycles. The van der Waals surface area contributed by atoms with E-state index >= 15 is 0 Å². The minimum atomic E-state index is -0.813. The van der Waals surface area contributed by atoms with Crippen LogP contribution in [0.4, 0.5) is 0 Å². The molecule has 222 valence electrons. The summed E-state index contributed by atoms with van der Waals surface area (Å²) in [6.45, 7) is 12.0. The van der Waals surface area contributed by atoms with Crippen molar-refractivity contribution in [1.29, 1.82) is 0 Å². The molecular weight excluding hydrogens is 532 g/mol. The van der Waals surface area contributed by atoms with E-state index in [1.54, 1.807) is 0 Å². The summed E-state index contributed by atoms with van der Waals surface area (Å²) in [5, 5.41) is 14.4. The van der Waals surface area contributed by atoms with E-state index in [1.807, 2.05) is 0 Å². The van der Waals surface area contributed by atoms with Gasteiger partial charge in [0.1, 0.15) is 5.25 Å². The van der Waals surface area contributed by atoms with E-state index in [4.69, 9.17) is 17.5 Å². The number of aliphatic hydroxyl groups excluding tert-OH is 1. The third-order valence-corrected chi connectivity index (χ3v) is 12.3. The summed E-state index contributed by atoms with van der Waals surface area (Å²) in [7, 11) is 0. The zero-order valence-electron chi connectivity index (χ0n) is 24.4. The average Bonchev–Trinajstić information content (AvgIpc) is 3.25. The van der Waals surface area contributed by atoms with Crippen molar-refractivity contribution in [2.45, 2.75) is 110 Å². The van der Waals surface area contributed by atoms with E-state index < -0.39 is 23.3 Å². The molecule has 0 radical (unpaired) electrons. The zero-order chi connectivity index (χ0) is 28.5. The molecule has 2 unspecified atom stereocenters. The second-order valence-corrected chi connectivity index (χ2v) is 14.8. The first-order valence-electron chi connectivity index (χ1n) is 15.2. The maximum absolute atomic E-state index is 12.9. The third-order valence-electron chi connectivity index (χ3n) is 11.5. The number of fused-ring (bicyclic) bond motifs is 5. The fraction of sp³-hybridized carbons (Fsp3) is 0.871. The summed E-state index contributed by atoms with van der Waals surface area (Å²) in [5.41, 5.74) is 1.38. The summed E-state index contributed by atoms with van der Waals surface area (Å²) in [5.74, 6) is 2.15. The van der Waals surface area contributed by atoms with E-state index in [1.165, 1.54) is 44.1 Å². The van der Waals surface area contributed by atoms with Crippen LogP contribution in [0.1, 0.15) is 98.8 Å². The van der Waals surface area contributed by atoms with Gasteiger partial charge >= 0.3 is 11.9 Å². The number of allylic oxidation sites excluding steroid dienone is 1. The second-order valence-electron chi connectivity index (χ2n) is 13.9. The number of carbonyl (C=O) groups excluding carboxylic acids is 2. The Morgan fingerprint density at radius 2 is 1.82 bits per heavy atom. The molecular formula is C31H50O6S2. The normalized spacial score (nSPS) is 39.2. The highest BCUT2D eigenvalue weighted by Crippen LogP contribution is 2.68. The van der Waals surface area contributed by atoms with Crippen molar-refractivity contribution in [3.05, 3.63) is 11.6 Å². The summed E-state index contributed by atoms with van der Waals surface area (Å²) in [4.78, 5) is 33.4. The second kappa shape index (κ2) is 12.7. The summed E-state index contributed by atoms with van der Waals surface area (Å²) in [6, 6.07) is 0. The average molecular weight is 583 g/mol. The topological polar surface area (TPSA) is 82.1 Å². The molecule has 1 N–H and O–H groups in total. The van der Waals surface area contributed by atoms with Gasteiger partial charge < -0.3 is 5.11 Å². The highest BCUT2D eigenvalue weighted by molar-refractivity contribution is 7.81. The van der Waals surface area contributed by atoms with Crippen LogP contribution < -0.4 is 0 Å². The fourth-order valence-electron chi connectivity index (χ4n) is 9.60. The molecule has 0 amide bonds. The first-order valence-corrected chi connectivity index (χ1v) is 16.3. The van der Waals surface area contributed by atoms with E-state index in [0.717, 1.165) is 30.6 Å². The first kappa shape index (κ1) is 31.2. The molecule has 0 spiro atoms. The van der Waals surface area contributed by atoms with Crippen LogP contribution in [0.25, 0.3) is 0 Å². The lowest BCUT2D eigenvalue weighted by molar-refractivity contribution is -0.458. The molecule has 0 aromatic heterocycles. The number of carbonyl (C=O) groups is 2. The maximum atomic E-state index is 12.9. The Morgan fingerprint density at radius 1 is 1.08 bits per heavy atom. The summed E-state index contributed by atoms with van der Waals surface area (Å²) < 4.78 is 0. The minimum Gasteiger partial charge on any atom is -0.393 e. The van der Waals surface area contributed by atoms with Crippen LogP contribution in [0.5, 0.6) is 0 Å². The van der Waals surface area contributed by atoms with Gasteiger partial charge in [0.05, 0.1) is 11.9 Å². The predicted molar refractivity (Wildman–Crippen MR) is 158 cm³/mol. The van der Waals surface area contributed by atoms with Gasteiger partial charge in [-0.25, -0.2) is 9.59 Å². The van der Waals surface area contributed by atoms with Gasteiger partial charge in [-0.2, -0.15) is 25.3 Å². The minimum absolute atomic E-state index is 0.191. The molecule has 0 heterocycles. The molecule has 0 aromatic carbocycles. The van der Waals surface area contributed by atoms with Crippen LogP contribution in [0, 0.1) is 52.3 Å². The summed E-state index contributed by atoms with van der Waals surface area (Å²) in [6.07, 6.45) is 13.0. The fourth-order valence-corrected chi connectivity index (χ4v) is 10.1. The van der Waals surface area contributed by atoms with Crippen molar-refractivity contribution >= 4 is 37.2 Å². The Morgan fingerprint density at radius 3 is 2.51 bits per heavy atom. The smallest absolute Gasteiger partial charge is 0.359 e. The standard InChI is InChI=1S/C31H50O6S2/c1-18(2)7-6-8-19(3)23-11-12-24-22-10-9-20-15-21(32)16-26(28(39)29(34)36-37-35-27(33)17-38)31(20,5)25(22)13-14-30(23,24)4/h9,18-19,21-26,28,32,38-39H,6-8,10-17H2,1-5H3/t19-,21-,22+,23-,24+,25+,26?,28?,30-,31-/m1/s1. The monoisotopic (exact) mass is 582 g/mol. The SMILES string of the molecule is CC(C)CCC[C@@H](C)[C@H]1CC[C@H]2[C@@H]3CC=C4C[C@@H](O)CC(C(S)C(=O)OOOC(=O)CS)[C@@]4(C)[C@H]3CC[C@]12C. The Hall–Kier alpha value is -0.700. The van der Waals surface area contributed by atoms with Crippen LogP contribution in [0.15, 0.2) is 11.6 Å². The van der Waals surface area contributed by atoms with Crippen LogP contribution in [0.3, 0.4) is 0 Å². The Labute approximate surface area is 246 Å². The van der Waals surface area contributed by atoms with E-state index in [0.29, 0.717) is 36.0 Å². The van der Waals surface area contributed by atoms with Crippen LogP contribution in [-0.4, -0.2) is 34.2 Å². The van der Waals surface area contributed by atoms with Gasteiger partial charge in [-0.05, 0) is 97.2 Å².